The normalized spacial score (nSPS) is 10.9. The van der Waals surface area contributed by atoms with Crippen LogP contribution in [-0.2, 0) is 4.79 Å². The molecule has 0 aliphatic heterocycles. The van der Waals surface area contributed by atoms with E-state index in [1.807, 2.05) is 34.0 Å². The molecule has 7 nitrogen and oxygen atoms in total. The van der Waals surface area contributed by atoms with Crippen molar-refractivity contribution in [3.63, 3.8) is 0 Å². The number of nitrogens with zero attached hydrogens (tertiary/aromatic N) is 3. The summed E-state index contributed by atoms with van der Waals surface area (Å²) in [4.78, 5) is 25.5. The van der Waals surface area contributed by atoms with Gasteiger partial charge in [-0.1, -0.05) is 0 Å². The van der Waals surface area contributed by atoms with Crippen LogP contribution in [0.2, 0.25) is 0 Å². The van der Waals surface area contributed by atoms with Gasteiger partial charge in [-0.2, -0.15) is 5.10 Å². The fraction of sp³-hybridized carbons (Fsp3) is 0.208. The lowest BCUT2D eigenvalue weighted by atomic mass is 10.2. The van der Waals surface area contributed by atoms with E-state index in [1.54, 1.807) is 30.5 Å². The van der Waals surface area contributed by atoms with Crippen molar-refractivity contribution in [1.82, 2.24) is 9.99 Å². The number of hydrogen-bond acceptors (Lipinski definition) is 4. The molecule has 0 unspecified atom stereocenters. The van der Waals surface area contributed by atoms with Crippen LogP contribution < -0.4 is 15.6 Å². The quantitative estimate of drug-likeness (QED) is 0.472. The summed E-state index contributed by atoms with van der Waals surface area (Å²) in [5, 5.41) is 6.79. The minimum Gasteiger partial charge on any atom is -0.378 e. The van der Waals surface area contributed by atoms with E-state index in [2.05, 4.69) is 49.6 Å². The molecule has 0 fully saturated rings. The summed E-state index contributed by atoms with van der Waals surface area (Å²) in [7, 11) is 4.03. The van der Waals surface area contributed by atoms with Gasteiger partial charge in [0.25, 0.3) is 5.91 Å². The van der Waals surface area contributed by atoms with Gasteiger partial charge in [-0.15, -0.1) is 0 Å². The number of anilines is 2. The molecule has 0 radical (unpaired) electrons. The largest absolute Gasteiger partial charge is 0.378 e. The monoisotopic (exact) mass is 417 g/mol. The SMILES string of the molecule is CC(=O)Nc1ccc(C(=O)NN=Cc2cc(C)n(-c3ccc(N(C)C)cc3)c2C)cc1. The van der Waals surface area contributed by atoms with Gasteiger partial charge in [-0.05, 0) is 68.4 Å². The Labute approximate surface area is 182 Å². The Bertz CT molecular complexity index is 1110. The lowest BCUT2D eigenvalue weighted by Gasteiger charge is -2.14. The molecule has 0 bridgehead atoms. The molecule has 2 N–H and O–H groups in total. The second-order valence-electron chi connectivity index (χ2n) is 7.53. The summed E-state index contributed by atoms with van der Waals surface area (Å²) in [6.45, 7) is 5.50. The van der Waals surface area contributed by atoms with Crippen molar-refractivity contribution in [3.05, 3.63) is 77.1 Å². The Balaban J connectivity index is 1.71. The zero-order valence-electron chi connectivity index (χ0n) is 18.4. The van der Waals surface area contributed by atoms with E-state index < -0.39 is 0 Å². The zero-order chi connectivity index (χ0) is 22.5. The van der Waals surface area contributed by atoms with Gasteiger partial charge in [-0.3, -0.25) is 9.59 Å². The van der Waals surface area contributed by atoms with Gasteiger partial charge in [0.1, 0.15) is 0 Å². The number of amides is 2. The molecule has 2 amide bonds. The molecule has 7 heteroatoms. The van der Waals surface area contributed by atoms with Gasteiger partial charge in [0.05, 0.1) is 6.21 Å². The lowest BCUT2D eigenvalue weighted by molar-refractivity contribution is -0.114. The Hall–Kier alpha value is -3.87. The number of benzene rings is 2. The van der Waals surface area contributed by atoms with Crippen LogP contribution in [0.5, 0.6) is 0 Å². The molecule has 31 heavy (non-hydrogen) atoms. The van der Waals surface area contributed by atoms with Crippen molar-refractivity contribution >= 4 is 29.4 Å². The van der Waals surface area contributed by atoms with E-state index in [4.69, 9.17) is 0 Å². The van der Waals surface area contributed by atoms with Crippen LogP contribution >= 0.6 is 0 Å². The summed E-state index contributed by atoms with van der Waals surface area (Å²) in [5.41, 5.74) is 8.90. The number of aromatic nitrogens is 1. The Kier molecular flexibility index (Phi) is 6.55. The fourth-order valence-electron chi connectivity index (χ4n) is 3.35. The number of hydrazone groups is 1. The Morgan fingerprint density at radius 2 is 1.65 bits per heavy atom. The number of rotatable bonds is 6. The lowest BCUT2D eigenvalue weighted by Crippen LogP contribution is -2.17. The van der Waals surface area contributed by atoms with E-state index in [0.29, 0.717) is 11.3 Å². The minimum atomic E-state index is -0.321. The van der Waals surface area contributed by atoms with Crippen LogP contribution in [-0.4, -0.2) is 36.7 Å². The standard InChI is InChI=1S/C24H27N5O2/c1-16-14-20(17(2)29(16)23-12-10-22(11-13-23)28(4)5)15-25-27-24(31)19-6-8-21(9-7-19)26-18(3)30/h6-15H,1-5H3,(H,26,30)(H,27,31). The van der Waals surface area contributed by atoms with E-state index in [1.165, 1.54) is 6.92 Å². The maximum absolute atomic E-state index is 12.3. The highest BCUT2D eigenvalue weighted by Gasteiger charge is 2.10. The maximum Gasteiger partial charge on any atom is 0.271 e. The van der Waals surface area contributed by atoms with Gasteiger partial charge in [-0.25, -0.2) is 5.43 Å². The molecule has 0 aliphatic carbocycles. The predicted molar refractivity (Wildman–Crippen MR) is 125 cm³/mol. The van der Waals surface area contributed by atoms with Crippen molar-refractivity contribution in [1.29, 1.82) is 0 Å². The van der Waals surface area contributed by atoms with Gasteiger partial charge in [0, 0.05) is 60.6 Å². The highest BCUT2D eigenvalue weighted by atomic mass is 16.2. The smallest absolute Gasteiger partial charge is 0.271 e. The molecule has 1 aromatic heterocycles. The highest BCUT2D eigenvalue weighted by Crippen LogP contribution is 2.22. The van der Waals surface area contributed by atoms with Crippen LogP contribution in [0, 0.1) is 13.8 Å². The summed E-state index contributed by atoms with van der Waals surface area (Å²) in [6.07, 6.45) is 1.65. The second-order valence-corrected chi connectivity index (χ2v) is 7.53. The Morgan fingerprint density at radius 3 is 2.23 bits per heavy atom. The first-order chi connectivity index (χ1) is 14.8. The summed E-state index contributed by atoms with van der Waals surface area (Å²) >= 11 is 0. The molecular weight excluding hydrogens is 390 g/mol. The van der Waals surface area contributed by atoms with E-state index in [9.17, 15) is 9.59 Å². The average molecular weight is 418 g/mol. The van der Waals surface area contributed by atoms with Gasteiger partial charge >= 0.3 is 0 Å². The number of hydrogen-bond donors (Lipinski definition) is 2. The van der Waals surface area contributed by atoms with Crippen molar-refractivity contribution in [2.45, 2.75) is 20.8 Å². The van der Waals surface area contributed by atoms with Gasteiger partial charge in [0.15, 0.2) is 0 Å². The molecule has 0 saturated heterocycles. The van der Waals surface area contributed by atoms with Crippen LogP contribution in [0.25, 0.3) is 5.69 Å². The van der Waals surface area contributed by atoms with Crippen LogP contribution in [0.1, 0.15) is 34.2 Å². The zero-order valence-corrected chi connectivity index (χ0v) is 18.4. The molecular formula is C24H27N5O2. The molecule has 1 heterocycles. The first-order valence-corrected chi connectivity index (χ1v) is 9.94. The van der Waals surface area contributed by atoms with E-state index in [0.717, 1.165) is 28.3 Å². The number of carbonyl (C=O) groups excluding carboxylic acids is 2. The van der Waals surface area contributed by atoms with Gasteiger partial charge in [0.2, 0.25) is 5.91 Å². The summed E-state index contributed by atoms with van der Waals surface area (Å²) < 4.78 is 2.16. The predicted octanol–water partition coefficient (Wildman–Crippen LogP) is 3.88. The molecule has 3 rings (SSSR count). The molecule has 160 valence electrons. The third kappa shape index (κ3) is 5.19. The number of nitrogens with one attached hydrogen (secondary N) is 2. The summed E-state index contributed by atoms with van der Waals surface area (Å²) in [6, 6.07) is 17.0. The van der Waals surface area contributed by atoms with E-state index in [-0.39, 0.29) is 11.8 Å². The van der Waals surface area contributed by atoms with E-state index >= 15 is 0 Å². The molecule has 0 saturated carbocycles. The molecule has 2 aromatic carbocycles. The second kappa shape index (κ2) is 9.30. The third-order valence-electron chi connectivity index (χ3n) is 4.93. The van der Waals surface area contributed by atoms with Crippen molar-refractivity contribution in [3.8, 4) is 5.69 Å². The Morgan fingerprint density at radius 1 is 1.00 bits per heavy atom. The van der Waals surface area contributed by atoms with Crippen molar-refractivity contribution in [2.24, 2.45) is 5.10 Å². The van der Waals surface area contributed by atoms with Crippen molar-refractivity contribution < 1.29 is 9.59 Å². The number of carbonyl (C=O) groups is 2. The molecule has 0 atom stereocenters. The summed E-state index contributed by atoms with van der Waals surface area (Å²) in [5.74, 6) is -0.480. The van der Waals surface area contributed by atoms with Gasteiger partial charge < -0.3 is 14.8 Å². The van der Waals surface area contributed by atoms with Crippen LogP contribution in [0.15, 0.2) is 59.7 Å². The third-order valence-corrected chi connectivity index (χ3v) is 4.93. The number of aryl methyl sites for hydroxylation is 1. The maximum atomic E-state index is 12.3. The van der Waals surface area contributed by atoms with Crippen LogP contribution in [0.3, 0.4) is 0 Å². The fourth-order valence-corrected chi connectivity index (χ4v) is 3.35. The molecule has 0 spiro atoms. The molecule has 0 aliphatic rings. The minimum absolute atomic E-state index is 0.159. The average Bonchev–Trinajstić information content (AvgIpc) is 3.01. The highest BCUT2D eigenvalue weighted by molar-refractivity contribution is 5.96. The first kappa shape index (κ1) is 21.8. The molecule has 3 aromatic rings. The van der Waals surface area contributed by atoms with Crippen molar-refractivity contribution in [2.75, 3.05) is 24.3 Å². The first-order valence-electron chi connectivity index (χ1n) is 9.94. The van der Waals surface area contributed by atoms with Crippen LogP contribution in [0.4, 0.5) is 11.4 Å². The topological polar surface area (TPSA) is 78.7 Å².